The second-order valence-corrected chi connectivity index (χ2v) is 6.12. The smallest absolute Gasteiger partial charge is 0.167 e. The Morgan fingerprint density at radius 3 is 2.36 bits per heavy atom. The number of rotatable bonds is 4. The van der Waals surface area contributed by atoms with E-state index in [1.54, 1.807) is 24.3 Å². The Balaban J connectivity index is 1.68. The molecule has 1 aliphatic heterocycles. The van der Waals surface area contributed by atoms with E-state index in [2.05, 4.69) is 5.32 Å². The lowest BCUT2D eigenvalue weighted by Gasteiger charge is -2.14. The van der Waals surface area contributed by atoms with Crippen molar-refractivity contribution in [2.75, 3.05) is 13.1 Å². The molecule has 1 fully saturated rings. The zero-order valence-electron chi connectivity index (χ0n) is 12.1. The molecular formula is C18H18ClNO2. The third kappa shape index (κ3) is 3.38. The summed E-state index contributed by atoms with van der Waals surface area (Å²) in [6, 6.07) is 14.9. The van der Waals surface area contributed by atoms with Gasteiger partial charge in [-0.2, -0.15) is 0 Å². The van der Waals surface area contributed by atoms with E-state index in [9.17, 15) is 9.90 Å². The molecule has 1 heterocycles. The molecule has 1 saturated heterocycles. The van der Waals surface area contributed by atoms with E-state index in [0.29, 0.717) is 23.6 Å². The summed E-state index contributed by atoms with van der Waals surface area (Å²) in [7, 11) is 0. The van der Waals surface area contributed by atoms with Gasteiger partial charge in [0.25, 0.3) is 0 Å². The summed E-state index contributed by atoms with van der Waals surface area (Å²) in [5.41, 5.74) is 2.76. The highest BCUT2D eigenvalue weighted by Gasteiger charge is 2.26. The van der Waals surface area contributed by atoms with Crippen molar-refractivity contribution < 1.29 is 9.90 Å². The molecule has 0 aromatic heterocycles. The molecule has 2 atom stereocenters. The van der Waals surface area contributed by atoms with Gasteiger partial charge in [-0.15, -0.1) is 0 Å². The highest BCUT2D eigenvalue weighted by molar-refractivity contribution is 6.30. The number of carbonyl (C=O) groups is 1. The first-order chi connectivity index (χ1) is 10.6. The molecule has 0 aliphatic carbocycles. The average molecular weight is 316 g/mol. The second-order valence-electron chi connectivity index (χ2n) is 5.68. The third-order valence-corrected chi connectivity index (χ3v) is 4.37. The number of aliphatic hydroxyl groups is 1. The lowest BCUT2D eigenvalue weighted by molar-refractivity contribution is 0.0993. The maximum absolute atomic E-state index is 12.2. The Kier molecular flexibility index (Phi) is 4.57. The van der Waals surface area contributed by atoms with E-state index >= 15 is 0 Å². The minimum absolute atomic E-state index is 0.0759. The molecule has 0 unspecified atom stereocenters. The van der Waals surface area contributed by atoms with Gasteiger partial charge in [0, 0.05) is 36.0 Å². The fraction of sp³-hybridized carbons (Fsp3) is 0.278. The van der Waals surface area contributed by atoms with Crippen molar-refractivity contribution in [3.05, 3.63) is 70.2 Å². The first-order valence-corrected chi connectivity index (χ1v) is 7.77. The summed E-state index contributed by atoms with van der Waals surface area (Å²) in [6.45, 7) is 1.44. The fourth-order valence-corrected chi connectivity index (χ4v) is 2.94. The second kappa shape index (κ2) is 6.61. The minimum atomic E-state index is -0.332. The molecule has 0 amide bonds. The Bertz CT molecular complexity index is 652. The zero-order chi connectivity index (χ0) is 15.5. The molecule has 2 aromatic carbocycles. The molecule has 3 nitrogen and oxygen atoms in total. The normalized spacial score (nSPS) is 21.0. The molecule has 0 radical (unpaired) electrons. The molecule has 2 aromatic rings. The monoisotopic (exact) mass is 315 g/mol. The standard InChI is InChI=1S/C18H18ClNO2/c19-15-7-5-14(6-8-15)17(21)9-12-1-3-13(4-2-12)16-10-20-11-18(16)22/h1-8,16,18,20,22H,9-11H2/t16-,18+/m0/s1. The summed E-state index contributed by atoms with van der Waals surface area (Å²) >= 11 is 5.83. The lowest BCUT2D eigenvalue weighted by atomic mass is 9.94. The summed E-state index contributed by atoms with van der Waals surface area (Å²) in [6.07, 6.45) is 0.0365. The van der Waals surface area contributed by atoms with Gasteiger partial charge in [-0.05, 0) is 35.4 Å². The van der Waals surface area contributed by atoms with Crippen LogP contribution in [0, 0.1) is 0 Å². The molecular weight excluding hydrogens is 298 g/mol. The highest BCUT2D eigenvalue weighted by Crippen LogP contribution is 2.23. The van der Waals surface area contributed by atoms with Gasteiger partial charge in [-0.3, -0.25) is 4.79 Å². The maximum Gasteiger partial charge on any atom is 0.167 e. The average Bonchev–Trinajstić information content (AvgIpc) is 2.95. The van der Waals surface area contributed by atoms with Gasteiger partial charge in [0.2, 0.25) is 0 Å². The van der Waals surface area contributed by atoms with Crippen LogP contribution in [0.4, 0.5) is 0 Å². The number of nitrogens with one attached hydrogen (secondary N) is 1. The van der Waals surface area contributed by atoms with E-state index < -0.39 is 0 Å². The summed E-state index contributed by atoms with van der Waals surface area (Å²) in [5.74, 6) is 0.216. The zero-order valence-corrected chi connectivity index (χ0v) is 12.9. The summed E-state index contributed by atoms with van der Waals surface area (Å²) in [4.78, 5) is 12.2. The predicted octanol–water partition coefficient (Wildman–Crippen LogP) is 2.81. The Morgan fingerprint density at radius 1 is 1.09 bits per heavy atom. The molecule has 0 saturated carbocycles. The van der Waals surface area contributed by atoms with Crippen LogP contribution in [0.5, 0.6) is 0 Å². The SMILES string of the molecule is O=C(Cc1ccc([C@@H]2CNC[C@H]2O)cc1)c1ccc(Cl)cc1. The molecule has 4 heteroatoms. The first kappa shape index (κ1) is 15.2. The van der Waals surface area contributed by atoms with Gasteiger partial charge >= 0.3 is 0 Å². The van der Waals surface area contributed by atoms with Gasteiger partial charge in [0.1, 0.15) is 0 Å². The van der Waals surface area contributed by atoms with Gasteiger partial charge < -0.3 is 10.4 Å². The molecule has 1 aliphatic rings. The molecule has 3 rings (SSSR count). The van der Waals surface area contributed by atoms with Crippen LogP contribution in [0.2, 0.25) is 5.02 Å². The van der Waals surface area contributed by atoms with Crippen molar-refractivity contribution >= 4 is 17.4 Å². The van der Waals surface area contributed by atoms with Gasteiger partial charge in [0.15, 0.2) is 5.78 Å². The summed E-state index contributed by atoms with van der Waals surface area (Å²) < 4.78 is 0. The third-order valence-electron chi connectivity index (χ3n) is 4.12. The molecule has 0 bridgehead atoms. The first-order valence-electron chi connectivity index (χ1n) is 7.40. The molecule has 22 heavy (non-hydrogen) atoms. The number of hydrogen-bond acceptors (Lipinski definition) is 3. The van der Waals surface area contributed by atoms with E-state index in [4.69, 9.17) is 11.6 Å². The van der Waals surface area contributed by atoms with Crippen LogP contribution in [0.1, 0.15) is 27.4 Å². The van der Waals surface area contributed by atoms with Crippen molar-refractivity contribution in [1.29, 1.82) is 0 Å². The number of halogens is 1. The summed E-state index contributed by atoms with van der Waals surface area (Å²) in [5, 5.41) is 13.7. The van der Waals surface area contributed by atoms with Crippen LogP contribution >= 0.6 is 11.6 Å². The Labute approximate surface area is 134 Å². The Morgan fingerprint density at radius 2 is 1.77 bits per heavy atom. The van der Waals surface area contributed by atoms with Crippen LogP contribution in [-0.4, -0.2) is 30.1 Å². The topological polar surface area (TPSA) is 49.3 Å². The maximum atomic E-state index is 12.2. The van der Waals surface area contributed by atoms with Crippen LogP contribution in [-0.2, 0) is 6.42 Å². The van der Waals surface area contributed by atoms with E-state index in [-0.39, 0.29) is 17.8 Å². The number of carbonyl (C=O) groups excluding carboxylic acids is 1. The minimum Gasteiger partial charge on any atom is -0.391 e. The molecule has 114 valence electrons. The predicted molar refractivity (Wildman–Crippen MR) is 87.5 cm³/mol. The number of ketones is 1. The van der Waals surface area contributed by atoms with Gasteiger partial charge in [0.05, 0.1) is 6.10 Å². The lowest BCUT2D eigenvalue weighted by Crippen LogP contribution is -2.16. The largest absolute Gasteiger partial charge is 0.391 e. The van der Waals surface area contributed by atoms with Gasteiger partial charge in [-0.1, -0.05) is 35.9 Å². The number of hydrogen-bond donors (Lipinski definition) is 2. The van der Waals surface area contributed by atoms with Crippen LogP contribution in [0.25, 0.3) is 0 Å². The fourth-order valence-electron chi connectivity index (χ4n) is 2.81. The number of aliphatic hydroxyl groups excluding tert-OH is 1. The van der Waals surface area contributed by atoms with Gasteiger partial charge in [-0.25, -0.2) is 0 Å². The van der Waals surface area contributed by atoms with E-state index in [0.717, 1.165) is 17.7 Å². The van der Waals surface area contributed by atoms with E-state index in [1.165, 1.54) is 0 Å². The van der Waals surface area contributed by atoms with Crippen molar-refractivity contribution in [3.63, 3.8) is 0 Å². The van der Waals surface area contributed by atoms with Crippen LogP contribution in [0.3, 0.4) is 0 Å². The van der Waals surface area contributed by atoms with Crippen molar-refractivity contribution in [2.45, 2.75) is 18.4 Å². The highest BCUT2D eigenvalue weighted by atomic mass is 35.5. The number of benzene rings is 2. The molecule has 2 N–H and O–H groups in total. The Hall–Kier alpha value is -1.68. The molecule has 0 spiro atoms. The van der Waals surface area contributed by atoms with E-state index in [1.807, 2.05) is 24.3 Å². The van der Waals surface area contributed by atoms with Crippen LogP contribution < -0.4 is 5.32 Å². The quantitative estimate of drug-likeness (QED) is 0.853. The number of β-amino-alcohol motifs (C(OH)–C–C–N with tert-alkyl or cyclic N) is 1. The van der Waals surface area contributed by atoms with Crippen LogP contribution in [0.15, 0.2) is 48.5 Å². The number of Topliss-reactive ketones (excluding diaryl/α,β-unsaturated/α-hetero) is 1. The van der Waals surface area contributed by atoms with Crippen molar-refractivity contribution in [1.82, 2.24) is 5.32 Å². The van der Waals surface area contributed by atoms with Crippen molar-refractivity contribution in [2.24, 2.45) is 0 Å². The van der Waals surface area contributed by atoms with Crippen molar-refractivity contribution in [3.8, 4) is 0 Å².